The predicted molar refractivity (Wildman–Crippen MR) is 165 cm³/mol. The van der Waals surface area contributed by atoms with Gasteiger partial charge in [-0.15, -0.1) is 0 Å². The molecule has 9 heteroatoms. The molecule has 222 valence electrons. The molecule has 1 aliphatic heterocycles. The smallest absolute Gasteiger partial charge is 0.411 e. The van der Waals surface area contributed by atoms with Gasteiger partial charge in [0.05, 0.1) is 11.3 Å². The summed E-state index contributed by atoms with van der Waals surface area (Å²) in [5, 5.41) is 15.1. The summed E-state index contributed by atoms with van der Waals surface area (Å²) in [6, 6.07) is 24.3. The minimum atomic E-state index is -0.941. The number of likely N-dealkylation sites (N-methyl/N-ethyl adjacent to an activating group) is 1. The third-order valence-corrected chi connectivity index (χ3v) is 7.51. The quantitative estimate of drug-likeness (QED) is 0.222. The van der Waals surface area contributed by atoms with Crippen LogP contribution in [0, 0.1) is 0 Å². The zero-order valence-corrected chi connectivity index (χ0v) is 24.1. The third kappa shape index (κ3) is 9.34. The number of carboxylic acid groups (broad SMARTS) is 1. The summed E-state index contributed by atoms with van der Waals surface area (Å²) in [7, 11) is 1.85. The van der Waals surface area contributed by atoms with E-state index < -0.39 is 12.1 Å². The van der Waals surface area contributed by atoms with E-state index in [1.807, 2.05) is 61.6 Å². The number of nitrogens with one attached hydrogen (secondary N) is 2. The predicted octanol–water partition coefficient (Wildman–Crippen LogP) is 5.81. The van der Waals surface area contributed by atoms with Crippen molar-refractivity contribution in [3.8, 4) is 11.1 Å². The number of likely N-dealkylation sites (tertiary alicyclic amines) is 1. The second kappa shape index (κ2) is 15.6. The van der Waals surface area contributed by atoms with Crippen molar-refractivity contribution in [3.05, 3.63) is 84.4 Å². The van der Waals surface area contributed by atoms with E-state index in [9.17, 15) is 14.4 Å². The van der Waals surface area contributed by atoms with Crippen LogP contribution >= 0.6 is 0 Å². The molecule has 3 N–H and O–H groups in total. The molecule has 1 fully saturated rings. The Labute approximate surface area is 247 Å². The lowest BCUT2D eigenvalue weighted by molar-refractivity contribution is -0.130. The molecule has 1 saturated heterocycles. The summed E-state index contributed by atoms with van der Waals surface area (Å²) in [5.74, 6) is -0.810. The van der Waals surface area contributed by atoms with Crippen LogP contribution in [0.3, 0.4) is 0 Å². The lowest BCUT2D eigenvalue weighted by Gasteiger charge is -2.32. The van der Waals surface area contributed by atoms with Crippen LogP contribution in [-0.2, 0) is 9.53 Å². The first-order valence-corrected chi connectivity index (χ1v) is 14.5. The number of aromatic carboxylic acids is 1. The highest BCUT2D eigenvalue weighted by atomic mass is 16.6. The van der Waals surface area contributed by atoms with Crippen LogP contribution in [0.15, 0.2) is 78.9 Å². The Morgan fingerprint density at radius 1 is 0.929 bits per heavy atom. The van der Waals surface area contributed by atoms with Gasteiger partial charge in [-0.2, -0.15) is 0 Å². The van der Waals surface area contributed by atoms with Gasteiger partial charge in [-0.05, 0) is 61.6 Å². The molecule has 1 aliphatic rings. The van der Waals surface area contributed by atoms with Crippen molar-refractivity contribution >= 4 is 29.3 Å². The van der Waals surface area contributed by atoms with Gasteiger partial charge in [0.15, 0.2) is 0 Å². The minimum absolute atomic E-state index is 0.131. The van der Waals surface area contributed by atoms with Crippen LogP contribution in [0.5, 0.6) is 0 Å². The highest BCUT2D eigenvalue weighted by Gasteiger charge is 2.23. The summed E-state index contributed by atoms with van der Waals surface area (Å²) in [6.07, 6.45) is 3.08. The first-order valence-electron chi connectivity index (χ1n) is 14.5. The van der Waals surface area contributed by atoms with Crippen molar-refractivity contribution in [1.29, 1.82) is 0 Å². The van der Waals surface area contributed by atoms with E-state index in [1.54, 1.807) is 29.2 Å². The van der Waals surface area contributed by atoms with Crippen LogP contribution in [0.4, 0.5) is 16.2 Å². The summed E-state index contributed by atoms with van der Waals surface area (Å²) in [6.45, 7) is 3.81. The number of ether oxygens (including phenoxy) is 1. The number of hydrogen-bond acceptors (Lipinski definition) is 6. The molecule has 0 spiro atoms. The molecule has 3 aromatic rings. The number of amides is 2. The van der Waals surface area contributed by atoms with E-state index in [2.05, 4.69) is 15.5 Å². The molecule has 3 aromatic carbocycles. The fourth-order valence-corrected chi connectivity index (χ4v) is 4.97. The van der Waals surface area contributed by atoms with Gasteiger partial charge in [-0.25, -0.2) is 9.59 Å². The van der Waals surface area contributed by atoms with E-state index in [0.29, 0.717) is 13.0 Å². The van der Waals surface area contributed by atoms with E-state index in [-0.39, 0.29) is 17.6 Å². The molecule has 4 rings (SSSR count). The fraction of sp³-hybridized carbons (Fsp3) is 0.364. The van der Waals surface area contributed by atoms with Crippen molar-refractivity contribution in [2.75, 3.05) is 50.4 Å². The van der Waals surface area contributed by atoms with Gasteiger partial charge in [-0.1, -0.05) is 48.5 Å². The number of para-hydroxylation sites is 1. The summed E-state index contributed by atoms with van der Waals surface area (Å²) >= 11 is 0. The molecule has 0 saturated carbocycles. The number of carbonyl (C=O) groups excluding carboxylic acids is 2. The number of hydrogen-bond donors (Lipinski definition) is 3. The van der Waals surface area contributed by atoms with Crippen LogP contribution in [-0.4, -0.2) is 78.8 Å². The van der Waals surface area contributed by atoms with Gasteiger partial charge in [0.1, 0.15) is 6.10 Å². The van der Waals surface area contributed by atoms with Crippen molar-refractivity contribution < 1.29 is 24.2 Å². The second-order valence-corrected chi connectivity index (χ2v) is 10.6. The maximum absolute atomic E-state index is 12.7. The Balaban J connectivity index is 1.09. The topological polar surface area (TPSA) is 111 Å². The number of carbonyl (C=O) groups is 3. The fourth-order valence-electron chi connectivity index (χ4n) is 4.97. The zero-order valence-electron chi connectivity index (χ0n) is 24.1. The van der Waals surface area contributed by atoms with E-state index in [1.165, 1.54) is 0 Å². The number of rotatable bonds is 13. The van der Waals surface area contributed by atoms with Crippen LogP contribution in [0.25, 0.3) is 11.1 Å². The third-order valence-electron chi connectivity index (χ3n) is 7.51. The maximum Gasteiger partial charge on any atom is 0.411 e. The van der Waals surface area contributed by atoms with Gasteiger partial charge in [0.25, 0.3) is 0 Å². The normalized spacial score (nSPS) is 13.7. The van der Waals surface area contributed by atoms with Crippen molar-refractivity contribution in [2.45, 2.75) is 38.2 Å². The van der Waals surface area contributed by atoms with Crippen LogP contribution < -0.4 is 10.6 Å². The standard InChI is InChI=1S/C33H40N4O5/c1-36(31(38)13-7-8-20-34-27-16-14-26(15-17-27)32(39)40)23-24-37-21-18-28(19-22-37)42-33(41)35-30-12-6-5-11-29(30)25-9-3-2-4-10-25/h2-6,9-12,14-17,28,34H,7-8,13,18-24H2,1H3,(H,35,41)(H,39,40). The maximum atomic E-state index is 12.7. The lowest BCUT2D eigenvalue weighted by Crippen LogP contribution is -2.42. The number of carboxylic acids is 1. The van der Waals surface area contributed by atoms with Gasteiger partial charge in [0, 0.05) is 57.4 Å². The Morgan fingerprint density at radius 2 is 1.62 bits per heavy atom. The van der Waals surface area contributed by atoms with Gasteiger partial charge in [0.2, 0.25) is 5.91 Å². The number of piperidine rings is 1. The largest absolute Gasteiger partial charge is 0.478 e. The molecule has 0 aliphatic carbocycles. The Kier molecular flexibility index (Phi) is 11.3. The molecule has 42 heavy (non-hydrogen) atoms. The molecule has 0 atom stereocenters. The van der Waals surface area contributed by atoms with Crippen LogP contribution in [0.2, 0.25) is 0 Å². The molecule has 1 heterocycles. The molecule has 0 radical (unpaired) electrons. The van der Waals surface area contributed by atoms with Gasteiger partial charge >= 0.3 is 12.1 Å². The zero-order chi connectivity index (χ0) is 29.7. The van der Waals surface area contributed by atoms with Gasteiger partial charge < -0.3 is 25.0 Å². The molecule has 0 bridgehead atoms. The van der Waals surface area contributed by atoms with E-state index in [0.717, 1.165) is 74.4 Å². The van der Waals surface area contributed by atoms with Crippen molar-refractivity contribution in [2.24, 2.45) is 0 Å². The minimum Gasteiger partial charge on any atom is -0.478 e. The average molecular weight is 573 g/mol. The summed E-state index contributed by atoms with van der Waals surface area (Å²) in [4.78, 5) is 40.2. The first-order chi connectivity index (χ1) is 20.4. The molecule has 9 nitrogen and oxygen atoms in total. The summed E-state index contributed by atoms with van der Waals surface area (Å²) < 4.78 is 5.74. The number of unbranched alkanes of at least 4 members (excludes halogenated alkanes) is 1. The molecule has 0 aromatic heterocycles. The monoisotopic (exact) mass is 572 g/mol. The van der Waals surface area contributed by atoms with Crippen molar-refractivity contribution in [3.63, 3.8) is 0 Å². The Hall–Kier alpha value is -4.37. The Bertz CT molecular complexity index is 1310. The van der Waals surface area contributed by atoms with Crippen LogP contribution in [0.1, 0.15) is 42.5 Å². The second-order valence-electron chi connectivity index (χ2n) is 10.6. The van der Waals surface area contributed by atoms with Crippen molar-refractivity contribution in [1.82, 2.24) is 9.80 Å². The first kappa shape index (κ1) is 30.6. The van der Waals surface area contributed by atoms with Gasteiger partial charge in [-0.3, -0.25) is 10.1 Å². The number of benzene rings is 3. The average Bonchev–Trinajstić information content (AvgIpc) is 3.01. The molecule has 0 unspecified atom stereocenters. The molecular formula is C33H40N4O5. The molecular weight excluding hydrogens is 532 g/mol. The van der Waals surface area contributed by atoms with E-state index in [4.69, 9.17) is 9.84 Å². The molecule has 2 amide bonds. The lowest BCUT2D eigenvalue weighted by atomic mass is 10.0. The highest BCUT2D eigenvalue weighted by molar-refractivity contribution is 5.91. The Morgan fingerprint density at radius 3 is 2.33 bits per heavy atom. The van der Waals surface area contributed by atoms with E-state index >= 15 is 0 Å². The number of anilines is 2. The summed E-state index contributed by atoms with van der Waals surface area (Å²) in [5.41, 5.74) is 3.83. The SMILES string of the molecule is CN(CCN1CCC(OC(=O)Nc2ccccc2-c2ccccc2)CC1)C(=O)CCCCNc1ccc(C(=O)O)cc1. The number of nitrogens with zero attached hydrogens (tertiary/aromatic N) is 2. The highest BCUT2D eigenvalue weighted by Crippen LogP contribution is 2.28.